The number of carbonyl (C=O) groups excluding carboxylic acids is 1. The summed E-state index contributed by atoms with van der Waals surface area (Å²) in [4.78, 5) is 12.2. The van der Waals surface area contributed by atoms with Crippen molar-refractivity contribution >= 4 is 36.5 Å². The van der Waals surface area contributed by atoms with Gasteiger partial charge in [-0.2, -0.15) is 5.10 Å². The van der Waals surface area contributed by atoms with Crippen LogP contribution in [0.25, 0.3) is 5.52 Å². The van der Waals surface area contributed by atoms with Gasteiger partial charge in [0.2, 0.25) is 0 Å². The van der Waals surface area contributed by atoms with Crippen molar-refractivity contribution in [3.63, 3.8) is 0 Å². The molecular formula is C10H12BN3OS. The number of nitrogens with two attached hydrogens (primary N) is 1. The Labute approximate surface area is 98.6 Å². The summed E-state index contributed by atoms with van der Waals surface area (Å²) in [5, 5.41) is 4.17. The summed E-state index contributed by atoms with van der Waals surface area (Å²) in [5.74, 6) is 0.467. The zero-order chi connectivity index (χ0) is 11.7. The van der Waals surface area contributed by atoms with Gasteiger partial charge in [0, 0.05) is 11.1 Å². The van der Waals surface area contributed by atoms with Crippen molar-refractivity contribution in [1.82, 2.24) is 9.61 Å². The molecule has 0 aliphatic heterocycles. The Bertz CT molecular complexity index is 552. The fourth-order valence-corrected chi connectivity index (χ4v) is 2.53. The maximum Gasteiger partial charge on any atom is 0.251 e. The van der Waals surface area contributed by atoms with Crippen LogP contribution in [-0.2, 0) is 0 Å². The molecule has 0 unspecified atom stereocenters. The Morgan fingerprint density at radius 1 is 1.69 bits per heavy atom. The lowest BCUT2D eigenvalue weighted by atomic mass is 10.0. The van der Waals surface area contributed by atoms with Gasteiger partial charge in [-0.05, 0) is 11.8 Å². The molecular weight excluding hydrogens is 221 g/mol. The molecule has 2 aromatic heterocycles. The number of carbonyl (C=O) groups is 1. The minimum Gasteiger partial charge on any atom is -0.366 e. The second-order valence-corrected chi connectivity index (χ2v) is 4.81. The molecule has 2 heterocycles. The predicted octanol–water partition coefficient (Wildman–Crippen LogP) is -0.196. The molecule has 0 aliphatic rings. The monoisotopic (exact) mass is 233 g/mol. The van der Waals surface area contributed by atoms with Crippen LogP contribution < -0.4 is 11.2 Å². The molecule has 0 atom stereocenters. The number of hydrogen-bond donors (Lipinski definition) is 1. The number of aromatic nitrogens is 2. The van der Waals surface area contributed by atoms with E-state index in [-0.39, 0.29) is 0 Å². The molecule has 0 aliphatic carbocycles. The molecule has 6 heteroatoms. The van der Waals surface area contributed by atoms with E-state index >= 15 is 0 Å². The van der Waals surface area contributed by atoms with E-state index in [0.29, 0.717) is 5.56 Å². The number of hydrogen-bond acceptors (Lipinski definition) is 3. The summed E-state index contributed by atoms with van der Waals surface area (Å²) in [6, 6.07) is 2.01. The zero-order valence-corrected chi connectivity index (χ0v) is 10.0. The lowest BCUT2D eigenvalue weighted by Crippen LogP contribution is -2.14. The first kappa shape index (κ1) is 11.1. The predicted molar refractivity (Wildman–Crippen MR) is 68.3 cm³/mol. The van der Waals surface area contributed by atoms with E-state index in [1.54, 1.807) is 16.3 Å². The standard InChI is InChI=1S/C10H12BN3OS/c1-2-16-9-7(10(12)15)4-13-14-5-6(11)3-8(9)14/h3-5H,2,11H2,1H3,(H2,12,15). The van der Waals surface area contributed by atoms with Gasteiger partial charge in [-0.3, -0.25) is 4.79 Å². The van der Waals surface area contributed by atoms with Gasteiger partial charge < -0.3 is 5.73 Å². The summed E-state index contributed by atoms with van der Waals surface area (Å²) < 4.78 is 1.78. The van der Waals surface area contributed by atoms with Gasteiger partial charge in [0.1, 0.15) is 7.85 Å². The van der Waals surface area contributed by atoms with E-state index in [4.69, 9.17) is 5.73 Å². The largest absolute Gasteiger partial charge is 0.366 e. The van der Waals surface area contributed by atoms with E-state index in [1.807, 2.05) is 27.0 Å². The fourth-order valence-electron chi connectivity index (χ4n) is 1.63. The van der Waals surface area contributed by atoms with E-state index in [0.717, 1.165) is 21.6 Å². The van der Waals surface area contributed by atoms with Crippen molar-refractivity contribution in [2.45, 2.75) is 11.8 Å². The molecule has 2 aromatic rings. The highest BCUT2D eigenvalue weighted by atomic mass is 32.2. The maximum atomic E-state index is 11.3. The first-order valence-electron chi connectivity index (χ1n) is 5.04. The number of nitrogens with zero attached hydrogens (tertiary/aromatic N) is 2. The van der Waals surface area contributed by atoms with Crippen LogP contribution in [0.3, 0.4) is 0 Å². The summed E-state index contributed by atoms with van der Waals surface area (Å²) in [5.41, 5.74) is 7.90. The Balaban J connectivity index is 2.72. The van der Waals surface area contributed by atoms with Crippen LogP contribution in [0.4, 0.5) is 0 Å². The van der Waals surface area contributed by atoms with Gasteiger partial charge >= 0.3 is 0 Å². The number of rotatable bonds is 3. The smallest absolute Gasteiger partial charge is 0.251 e. The van der Waals surface area contributed by atoms with Gasteiger partial charge in [-0.25, -0.2) is 4.52 Å². The van der Waals surface area contributed by atoms with Crippen molar-refractivity contribution in [3.8, 4) is 0 Å². The second-order valence-electron chi connectivity index (χ2n) is 3.53. The topological polar surface area (TPSA) is 60.4 Å². The van der Waals surface area contributed by atoms with Crippen molar-refractivity contribution in [2.24, 2.45) is 5.73 Å². The first-order valence-corrected chi connectivity index (χ1v) is 6.02. The van der Waals surface area contributed by atoms with Gasteiger partial charge in [0.15, 0.2) is 0 Å². The average Bonchev–Trinajstić information content (AvgIpc) is 2.59. The second kappa shape index (κ2) is 4.21. The Hall–Kier alpha value is -1.43. The minimum atomic E-state index is -0.426. The van der Waals surface area contributed by atoms with Crippen molar-refractivity contribution in [1.29, 1.82) is 0 Å². The third-order valence-electron chi connectivity index (χ3n) is 2.28. The van der Waals surface area contributed by atoms with Crippen LogP contribution in [0, 0.1) is 0 Å². The van der Waals surface area contributed by atoms with E-state index < -0.39 is 5.91 Å². The number of amides is 1. The molecule has 0 saturated heterocycles. The molecule has 0 radical (unpaired) electrons. The lowest BCUT2D eigenvalue weighted by Gasteiger charge is -2.06. The molecule has 2 rings (SSSR count). The number of thioether (sulfide) groups is 1. The third kappa shape index (κ3) is 1.80. The van der Waals surface area contributed by atoms with E-state index in [9.17, 15) is 4.79 Å². The minimum absolute atomic E-state index is 0.426. The maximum absolute atomic E-state index is 11.3. The zero-order valence-electron chi connectivity index (χ0n) is 9.23. The van der Waals surface area contributed by atoms with Crippen LogP contribution in [0.5, 0.6) is 0 Å². The highest BCUT2D eigenvalue weighted by Crippen LogP contribution is 2.26. The van der Waals surface area contributed by atoms with E-state index in [2.05, 4.69) is 5.10 Å². The first-order chi connectivity index (χ1) is 7.63. The quantitative estimate of drug-likeness (QED) is 0.590. The van der Waals surface area contributed by atoms with Crippen LogP contribution in [0.15, 0.2) is 23.4 Å². The highest BCUT2D eigenvalue weighted by Gasteiger charge is 2.13. The van der Waals surface area contributed by atoms with E-state index in [1.165, 1.54) is 6.20 Å². The molecule has 2 N–H and O–H groups in total. The molecule has 0 spiro atoms. The lowest BCUT2D eigenvalue weighted by molar-refractivity contribution is 0.0997. The summed E-state index contributed by atoms with van der Waals surface area (Å²) >= 11 is 1.61. The van der Waals surface area contributed by atoms with Crippen molar-refractivity contribution in [2.75, 3.05) is 5.75 Å². The molecule has 0 aromatic carbocycles. The summed E-state index contributed by atoms with van der Waals surface area (Å²) in [7, 11) is 2.00. The Morgan fingerprint density at radius 3 is 3.06 bits per heavy atom. The average molecular weight is 233 g/mol. The van der Waals surface area contributed by atoms with Crippen LogP contribution in [0.1, 0.15) is 17.3 Å². The molecule has 0 bridgehead atoms. The third-order valence-corrected chi connectivity index (χ3v) is 3.29. The SMILES string of the molecule is Bc1cc2c(SCC)c(C(N)=O)cnn2c1. The molecule has 0 saturated carbocycles. The van der Waals surface area contributed by atoms with Crippen LogP contribution >= 0.6 is 11.8 Å². The molecule has 0 fully saturated rings. The van der Waals surface area contributed by atoms with Gasteiger partial charge in [-0.1, -0.05) is 12.4 Å². The van der Waals surface area contributed by atoms with Crippen molar-refractivity contribution < 1.29 is 4.79 Å². The van der Waals surface area contributed by atoms with Gasteiger partial charge in [0.05, 0.1) is 17.3 Å². The van der Waals surface area contributed by atoms with Crippen LogP contribution in [-0.4, -0.2) is 29.1 Å². The number of fused-ring (bicyclic) bond motifs is 1. The van der Waals surface area contributed by atoms with Crippen LogP contribution in [0.2, 0.25) is 0 Å². The molecule has 4 nitrogen and oxygen atoms in total. The number of primary amides is 1. The van der Waals surface area contributed by atoms with Gasteiger partial charge in [-0.15, -0.1) is 11.8 Å². The Kier molecular flexibility index (Phi) is 2.91. The summed E-state index contributed by atoms with van der Waals surface area (Å²) in [6.07, 6.45) is 3.46. The Morgan fingerprint density at radius 2 is 2.44 bits per heavy atom. The van der Waals surface area contributed by atoms with Crippen molar-refractivity contribution in [3.05, 3.63) is 24.0 Å². The highest BCUT2D eigenvalue weighted by molar-refractivity contribution is 7.99. The summed E-state index contributed by atoms with van der Waals surface area (Å²) in [6.45, 7) is 2.04. The molecule has 16 heavy (non-hydrogen) atoms. The molecule has 82 valence electrons. The normalized spacial score (nSPS) is 10.8. The van der Waals surface area contributed by atoms with Gasteiger partial charge in [0.25, 0.3) is 5.91 Å². The molecule has 1 amide bonds. The fraction of sp³-hybridized carbons (Fsp3) is 0.200.